The molecular formula is C18H24ClF3N6O. The van der Waals surface area contributed by atoms with E-state index in [0.29, 0.717) is 30.3 Å². The summed E-state index contributed by atoms with van der Waals surface area (Å²) in [5, 5.41) is 6.94. The largest absolute Gasteiger partial charge is 0.453 e. The predicted molar refractivity (Wildman–Crippen MR) is 102 cm³/mol. The molecule has 2 aliphatic rings. The number of fused-ring (bicyclic) bond motifs is 3. The van der Waals surface area contributed by atoms with Gasteiger partial charge in [0.25, 0.3) is 11.6 Å². The zero-order valence-corrected chi connectivity index (χ0v) is 17.1. The van der Waals surface area contributed by atoms with Gasteiger partial charge in [0.05, 0.1) is 0 Å². The molecule has 1 N–H and O–H groups in total. The number of aromatic nitrogens is 4. The van der Waals surface area contributed by atoms with Crippen molar-refractivity contribution in [2.45, 2.75) is 64.2 Å². The molecule has 4 rings (SSSR count). The number of halogens is 4. The maximum Gasteiger partial charge on any atom is 0.453 e. The lowest BCUT2D eigenvalue weighted by Gasteiger charge is -2.28. The number of carbonyl (C=O) groups excluding carboxylic acids is 1. The lowest BCUT2D eigenvalue weighted by Crippen LogP contribution is -2.42. The van der Waals surface area contributed by atoms with Crippen molar-refractivity contribution in [2.24, 2.45) is 0 Å². The molecule has 11 heteroatoms. The van der Waals surface area contributed by atoms with E-state index in [1.165, 1.54) is 0 Å². The van der Waals surface area contributed by atoms with Gasteiger partial charge in [-0.25, -0.2) is 9.50 Å². The minimum Gasteiger partial charge on any atom is -0.335 e. The average Bonchev–Trinajstić information content (AvgIpc) is 3.14. The Labute approximate surface area is 172 Å². The summed E-state index contributed by atoms with van der Waals surface area (Å²) in [6, 6.07) is 0.535. The zero-order valence-electron chi connectivity index (χ0n) is 16.3. The summed E-state index contributed by atoms with van der Waals surface area (Å²) in [5.41, 5.74) is 1.87. The van der Waals surface area contributed by atoms with Crippen molar-refractivity contribution in [3.63, 3.8) is 0 Å². The van der Waals surface area contributed by atoms with Crippen LogP contribution in [0.2, 0.25) is 0 Å². The highest BCUT2D eigenvalue weighted by molar-refractivity contribution is 5.85. The molecule has 2 bridgehead atoms. The topological polar surface area (TPSA) is 75.4 Å². The maximum atomic E-state index is 12.9. The highest BCUT2D eigenvalue weighted by Gasteiger charge is 2.38. The average molecular weight is 433 g/mol. The van der Waals surface area contributed by atoms with E-state index in [-0.39, 0.29) is 30.1 Å². The molecule has 0 spiro atoms. The highest BCUT2D eigenvalue weighted by atomic mass is 35.5. The number of amides is 1. The number of hydrogen-bond donors (Lipinski definition) is 1. The van der Waals surface area contributed by atoms with Crippen LogP contribution in [-0.4, -0.2) is 55.6 Å². The van der Waals surface area contributed by atoms with Crippen LogP contribution in [0.1, 0.15) is 48.5 Å². The van der Waals surface area contributed by atoms with E-state index in [9.17, 15) is 18.0 Å². The molecule has 2 saturated heterocycles. The van der Waals surface area contributed by atoms with E-state index >= 15 is 0 Å². The van der Waals surface area contributed by atoms with Crippen LogP contribution in [0.25, 0.3) is 5.78 Å². The first-order chi connectivity index (χ1) is 13.3. The fourth-order valence-corrected chi connectivity index (χ4v) is 4.44. The smallest absolute Gasteiger partial charge is 0.335 e. The van der Waals surface area contributed by atoms with Gasteiger partial charge < -0.3 is 10.2 Å². The molecule has 2 aliphatic heterocycles. The number of carbonyl (C=O) groups is 1. The van der Waals surface area contributed by atoms with Crippen LogP contribution < -0.4 is 5.32 Å². The molecule has 2 fully saturated rings. The van der Waals surface area contributed by atoms with Crippen molar-refractivity contribution in [1.82, 2.24) is 29.8 Å². The number of aryl methyl sites for hydroxylation is 2. The summed E-state index contributed by atoms with van der Waals surface area (Å²) < 4.78 is 39.8. The van der Waals surface area contributed by atoms with Crippen LogP contribution in [0.15, 0.2) is 0 Å². The summed E-state index contributed by atoms with van der Waals surface area (Å²) in [6.45, 7) is 5.18. The normalized spacial score (nSPS) is 21.9. The first-order valence-electron chi connectivity index (χ1n) is 9.57. The fraction of sp³-hybridized carbons (Fsp3) is 0.667. The Kier molecular flexibility index (Phi) is 6.05. The SMILES string of the molecule is Cc1nc2nc(C(F)(F)F)nn2c(C)c1CCC(=O)N1C2CCNCC1CC2.Cl. The lowest BCUT2D eigenvalue weighted by molar-refractivity contribution is -0.144. The van der Waals surface area contributed by atoms with Gasteiger partial charge in [-0.15, -0.1) is 17.5 Å². The molecule has 2 atom stereocenters. The second-order valence-corrected chi connectivity index (χ2v) is 7.58. The summed E-state index contributed by atoms with van der Waals surface area (Å²) in [5.74, 6) is -1.18. The minimum atomic E-state index is -4.62. The Morgan fingerprint density at radius 3 is 2.62 bits per heavy atom. The van der Waals surface area contributed by atoms with E-state index < -0.39 is 12.0 Å². The Morgan fingerprint density at radius 1 is 1.17 bits per heavy atom. The molecule has 29 heavy (non-hydrogen) atoms. The first kappa shape index (κ1) is 21.8. The summed E-state index contributed by atoms with van der Waals surface area (Å²) in [4.78, 5) is 22.6. The molecule has 0 radical (unpaired) electrons. The quantitative estimate of drug-likeness (QED) is 0.806. The van der Waals surface area contributed by atoms with Crippen LogP contribution in [0.5, 0.6) is 0 Å². The minimum absolute atomic E-state index is 0. The van der Waals surface area contributed by atoms with Gasteiger partial charge in [-0.1, -0.05) is 0 Å². The van der Waals surface area contributed by atoms with Gasteiger partial charge in [0, 0.05) is 36.4 Å². The third-order valence-electron chi connectivity index (χ3n) is 5.83. The van der Waals surface area contributed by atoms with E-state index in [4.69, 9.17) is 0 Å². The number of nitrogens with zero attached hydrogens (tertiary/aromatic N) is 5. The molecule has 2 aromatic heterocycles. The van der Waals surface area contributed by atoms with Gasteiger partial charge in [-0.05, 0) is 51.6 Å². The van der Waals surface area contributed by atoms with Crippen LogP contribution in [0.4, 0.5) is 13.2 Å². The monoisotopic (exact) mass is 432 g/mol. The molecule has 2 aromatic rings. The lowest BCUT2D eigenvalue weighted by atomic mass is 10.1. The van der Waals surface area contributed by atoms with Crippen LogP contribution in [0.3, 0.4) is 0 Å². The second kappa shape index (κ2) is 8.06. The number of hydrogen-bond acceptors (Lipinski definition) is 5. The second-order valence-electron chi connectivity index (χ2n) is 7.58. The predicted octanol–water partition coefficient (Wildman–Crippen LogP) is 2.47. The van der Waals surface area contributed by atoms with Crippen LogP contribution in [0, 0.1) is 13.8 Å². The van der Waals surface area contributed by atoms with Crippen molar-refractivity contribution >= 4 is 24.1 Å². The molecular weight excluding hydrogens is 409 g/mol. The van der Waals surface area contributed by atoms with Gasteiger partial charge in [0.2, 0.25) is 5.91 Å². The third-order valence-corrected chi connectivity index (χ3v) is 5.83. The van der Waals surface area contributed by atoms with Gasteiger partial charge in [-0.2, -0.15) is 18.2 Å². The van der Waals surface area contributed by atoms with Crippen molar-refractivity contribution in [2.75, 3.05) is 13.1 Å². The Hall–Kier alpha value is -1.94. The molecule has 2 unspecified atom stereocenters. The molecule has 7 nitrogen and oxygen atoms in total. The van der Waals surface area contributed by atoms with Gasteiger partial charge >= 0.3 is 6.18 Å². The van der Waals surface area contributed by atoms with Crippen LogP contribution >= 0.6 is 12.4 Å². The van der Waals surface area contributed by atoms with E-state index in [1.807, 2.05) is 4.90 Å². The summed E-state index contributed by atoms with van der Waals surface area (Å²) in [7, 11) is 0. The zero-order chi connectivity index (χ0) is 20.1. The molecule has 0 saturated carbocycles. The molecule has 0 aliphatic carbocycles. The molecule has 1 amide bonds. The standard InChI is InChI=1S/C18H23F3N6O.ClH/c1-10-14(11(2)27-17(23-10)24-16(25-27)18(19,20)21)5-6-15(28)26-12-3-4-13(26)9-22-8-7-12;/h12-13,22H,3-9H2,1-2H3;1H. The van der Waals surface area contributed by atoms with Gasteiger partial charge in [0.15, 0.2) is 0 Å². The molecule has 160 valence electrons. The van der Waals surface area contributed by atoms with Gasteiger partial charge in [-0.3, -0.25) is 4.79 Å². The van der Waals surface area contributed by atoms with E-state index in [1.54, 1.807) is 13.8 Å². The number of nitrogens with one attached hydrogen (secondary N) is 1. The summed E-state index contributed by atoms with van der Waals surface area (Å²) >= 11 is 0. The third kappa shape index (κ3) is 4.05. The highest BCUT2D eigenvalue weighted by Crippen LogP contribution is 2.30. The van der Waals surface area contributed by atoms with Gasteiger partial charge in [0.1, 0.15) is 0 Å². The van der Waals surface area contributed by atoms with Crippen molar-refractivity contribution in [1.29, 1.82) is 0 Å². The van der Waals surface area contributed by atoms with Crippen LogP contribution in [-0.2, 0) is 17.4 Å². The van der Waals surface area contributed by atoms with E-state index in [2.05, 4.69) is 20.4 Å². The van der Waals surface area contributed by atoms with Crippen molar-refractivity contribution in [3.05, 3.63) is 22.8 Å². The first-order valence-corrected chi connectivity index (χ1v) is 9.57. The number of rotatable bonds is 3. The Bertz CT molecular complexity index is 901. The van der Waals surface area contributed by atoms with Crippen molar-refractivity contribution in [3.8, 4) is 0 Å². The molecule has 4 heterocycles. The fourth-order valence-electron chi connectivity index (χ4n) is 4.44. The van der Waals surface area contributed by atoms with E-state index in [0.717, 1.165) is 42.4 Å². The summed E-state index contributed by atoms with van der Waals surface area (Å²) in [6.07, 6.45) is -0.860. The molecule has 0 aromatic carbocycles. The Morgan fingerprint density at radius 2 is 1.90 bits per heavy atom. The number of alkyl halides is 3. The maximum absolute atomic E-state index is 12.9. The Balaban J connectivity index is 0.00000240. The van der Waals surface area contributed by atoms with Crippen molar-refractivity contribution < 1.29 is 18.0 Å².